The summed E-state index contributed by atoms with van der Waals surface area (Å²) in [6.45, 7) is 2.36. The van der Waals surface area contributed by atoms with Crippen LogP contribution in [0.3, 0.4) is 0 Å². The molecule has 0 spiro atoms. The van der Waals surface area contributed by atoms with Gasteiger partial charge >= 0.3 is 5.97 Å². The first-order valence-electron chi connectivity index (χ1n) is 6.39. The summed E-state index contributed by atoms with van der Waals surface area (Å²) in [5.41, 5.74) is 0.253. The number of hydrogen-bond donors (Lipinski definition) is 3. The third-order valence-electron chi connectivity index (χ3n) is 2.97. The van der Waals surface area contributed by atoms with E-state index in [9.17, 15) is 9.59 Å². The minimum atomic E-state index is -0.830. The van der Waals surface area contributed by atoms with E-state index >= 15 is 0 Å². The van der Waals surface area contributed by atoms with Crippen LogP contribution in [0.5, 0.6) is 0 Å². The first-order chi connectivity index (χ1) is 9.60. The van der Waals surface area contributed by atoms with Gasteiger partial charge in [-0.25, -0.2) is 0 Å². The average molecular weight is 276 g/mol. The van der Waals surface area contributed by atoms with E-state index < -0.39 is 11.9 Å². The van der Waals surface area contributed by atoms with Crippen LogP contribution in [0.15, 0.2) is 24.3 Å². The SMILES string of the molecule is CCNC(=O)c1ccc(NC2C=CC(C(=O)O)C2)nn1. The highest BCUT2D eigenvalue weighted by Gasteiger charge is 2.24. The molecule has 1 amide bonds. The first kappa shape index (κ1) is 14.0. The Bertz CT molecular complexity index is 527. The fourth-order valence-corrected chi connectivity index (χ4v) is 1.96. The molecule has 0 radical (unpaired) electrons. The van der Waals surface area contributed by atoms with E-state index in [1.165, 1.54) is 0 Å². The zero-order valence-electron chi connectivity index (χ0n) is 11.0. The Balaban J connectivity index is 1.93. The second-order valence-electron chi connectivity index (χ2n) is 4.48. The number of carbonyl (C=O) groups excluding carboxylic acids is 1. The molecule has 20 heavy (non-hydrogen) atoms. The zero-order chi connectivity index (χ0) is 14.5. The normalized spacial score (nSPS) is 20.6. The molecule has 0 fully saturated rings. The topological polar surface area (TPSA) is 104 Å². The number of nitrogens with one attached hydrogen (secondary N) is 2. The number of amides is 1. The van der Waals surface area contributed by atoms with E-state index in [0.717, 1.165) is 0 Å². The van der Waals surface area contributed by atoms with Crippen molar-refractivity contribution in [3.05, 3.63) is 30.0 Å². The van der Waals surface area contributed by atoms with Crippen molar-refractivity contribution >= 4 is 17.7 Å². The van der Waals surface area contributed by atoms with Crippen LogP contribution in [0.4, 0.5) is 5.82 Å². The summed E-state index contributed by atoms with van der Waals surface area (Å²) in [5.74, 6) is -1.05. The highest BCUT2D eigenvalue weighted by molar-refractivity contribution is 5.92. The van der Waals surface area contributed by atoms with Crippen LogP contribution < -0.4 is 10.6 Å². The summed E-state index contributed by atoms with van der Waals surface area (Å²) in [6, 6.07) is 3.15. The van der Waals surface area contributed by atoms with Crippen molar-refractivity contribution in [2.24, 2.45) is 5.92 Å². The van der Waals surface area contributed by atoms with Gasteiger partial charge in [-0.15, -0.1) is 10.2 Å². The molecule has 1 aliphatic rings. The van der Waals surface area contributed by atoms with Crippen LogP contribution in [-0.4, -0.2) is 39.8 Å². The molecule has 1 aromatic heterocycles. The lowest BCUT2D eigenvalue weighted by molar-refractivity contribution is -0.140. The van der Waals surface area contributed by atoms with E-state index in [-0.39, 0.29) is 17.6 Å². The molecule has 0 saturated carbocycles. The Hall–Kier alpha value is -2.44. The molecule has 1 aromatic rings. The predicted molar refractivity (Wildman–Crippen MR) is 72.3 cm³/mol. The molecule has 2 atom stereocenters. The molecule has 0 saturated heterocycles. The van der Waals surface area contributed by atoms with Gasteiger partial charge in [-0.3, -0.25) is 9.59 Å². The average Bonchev–Trinajstić information content (AvgIpc) is 2.88. The Morgan fingerprint density at radius 3 is 2.70 bits per heavy atom. The third-order valence-corrected chi connectivity index (χ3v) is 2.97. The van der Waals surface area contributed by atoms with Crippen molar-refractivity contribution in [3.8, 4) is 0 Å². The van der Waals surface area contributed by atoms with Crippen molar-refractivity contribution in [2.45, 2.75) is 19.4 Å². The largest absolute Gasteiger partial charge is 0.481 e. The highest BCUT2D eigenvalue weighted by Crippen LogP contribution is 2.20. The number of anilines is 1. The van der Waals surface area contributed by atoms with E-state index in [0.29, 0.717) is 18.8 Å². The van der Waals surface area contributed by atoms with Crippen molar-refractivity contribution < 1.29 is 14.7 Å². The molecule has 2 unspecified atom stereocenters. The standard InChI is InChI=1S/C13H16N4O3/c1-2-14-12(18)10-5-6-11(17-16-10)15-9-4-3-8(7-9)13(19)20/h3-6,8-9H,2,7H2,1H3,(H,14,18)(H,15,17)(H,19,20). The maximum atomic E-state index is 11.5. The second kappa shape index (κ2) is 6.14. The number of aromatic nitrogens is 2. The number of carboxylic acids is 1. The van der Waals surface area contributed by atoms with Crippen LogP contribution in [0, 0.1) is 5.92 Å². The molecule has 106 valence electrons. The summed E-state index contributed by atoms with van der Waals surface area (Å²) in [6.07, 6.45) is 3.95. The molecule has 0 aliphatic heterocycles. The Labute approximate surface area is 116 Å². The van der Waals surface area contributed by atoms with Gasteiger partial charge in [0.25, 0.3) is 5.91 Å². The predicted octanol–water partition coefficient (Wildman–Crippen LogP) is 0.667. The van der Waals surface area contributed by atoms with Gasteiger partial charge in [0.05, 0.1) is 5.92 Å². The smallest absolute Gasteiger partial charge is 0.310 e. The van der Waals surface area contributed by atoms with E-state index in [4.69, 9.17) is 5.11 Å². The summed E-state index contributed by atoms with van der Waals surface area (Å²) in [4.78, 5) is 22.3. The molecular weight excluding hydrogens is 260 g/mol. The van der Waals surface area contributed by atoms with Crippen molar-refractivity contribution in [1.82, 2.24) is 15.5 Å². The lowest BCUT2D eigenvalue weighted by atomic mass is 10.1. The monoisotopic (exact) mass is 276 g/mol. The van der Waals surface area contributed by atoms with Crippen LogP contribution in [-0.2, 0) is 4.79 Å². The second-order valence-corrected chi connectivity index (χ2v) is 4.48. The van der Waals surface area contributed by atoms with Gasteiger partial charge < -0.3 is 15.7 Å². The van der Waals surface area contributed by atoms with Gasteiger partial charge in [-0.2, -0.15) is 0 Å². The van der Waals surface area contributed by atoms with Crippen LogP contribution in [0.1, 0.15) is 23.8 Å². The van der Waals surface area contributed by atoms with Gasteiger partial charge in [0.2, 0.25) is 0 Å². The van der Waals surface area contributed by atoms with Gasteiger partial charge in [0, 0.05) is 12.6 Å². The van der Waals surface area contributed by atoms with E-state index in [1.54, 1.807) is 24.3 Å². The molecule has 1 heterocycles. The number of carbonyl (C=O) groups is 2. The van der Waals surface area contributed by atoms with E-state index in [1.807, 2.05) is 6.92 Å². The zero-order valence-corrected chi connectivity index (χ0v) is 11.0. The number of nitrogens with zero attached hydrogens (tertiary/aromatic N) is 2. The quantitative estimate of drug-likeness (QED) is 0.683. The Morgan fingerprint density at radius 2 is 2.15 bits per heavy atom. The summed E-state index contributed by atoms with van der Waals surface area (Å²) < 4.78 is 0. The summed E-state index contributed by atoms with van der Waals surface area (Å²) >= 11 is 0. The molecule has 7 heteroatoms. The minimum Gasteiger partial charge on any atom is -0.481 e. The van der Waals surface area contributed by atoms with Gasteiger partial charge in [-0.05, 0) is 25.5 Å². The van der Waals surface area contributed by atoms with Crippen molar-refractivity contribution in [1.29, 1.82) is 0 Å². The van der Waals surface area contributed by atoms with Gasteiger partial charge in [-0.1, -0.05) is 12.2 Å². The number of hydrogen-bond acceptors (Lipinski definition) is 5. The first-order valence-corrected chi connectivity index (χ1v) is 6.39. The van der Waals surface area contributed by atoms with E-state index in [2.05, 4.69) is 20.8 Å². The van der Waals surface area contributed by atoms with Crippen molar-refractivity contribution in [3.63, 3.8) is 0 Å². The highest BCUT2D eigenvalue weighted by atomic mass is 16.4. The summed E-state index contributed by atoms with van der Waals surface area (Å²) in [7, 11) is 0. The lowest BCUT2D eigenvalue weighted by Gasteiger charge is -2.12. The lowest BCUT2D eigenvalue weighted by Crippen LogP contribution is -2.24. The summed E-state index contributed by atoms with van der Waals surface area (Å²) in [5, 5.41) is 22.3. The van der Waals surface area contributed by atoms with Crippen molar-refractivity contribution in [2.75, 3.05) is 11.9 Å². The number of carboxylic acid groups (broad SMARTS) is 1. The maximum absolute atomic E-state index is 11.5. The fraction of sp³-hybridized carbons (Fsp3) is 0.385. The van der Waals surface area contributed by atoms with Gasteiger partial charge in [0.1, 0.15) is 5.82 Å². The molecular formula is C13H16N4O3. The molecule has 7 nitrogen and oxygen atoms in total. The number of rotatable bonds is 5. The fourth-order valence-electron chi connectivity index (χ4n) is 1.96. The third kappa shape index (κ3) is 3.31. The maximum Gasteiger partial charge on any atom is 0.310 e. The van der Waals surface area contributed by atoms with Crippen LogP contribution in [0.2, 0.25) is 0 Å². The van der Waals surface area contributed by atoms with Crippen LogP contribution >= 0.6 is 0 Å². The molecule has 1 aliphatic carbocycles. The number of aliphatic carboxylic acids is 1. The molecule has 0 bridgehead atoms. The Kier molecular flexibility index (Phi) is 4.29. The molecule has 0 aromatic carbocycles. The molecule has 2 rings (SSSR count). The Morgan fingerprint density at radius 1 is 1.35 bits per heavy atom. The molecule has 3 N–H and O–H groups in total. The minimum absolute atomic E-state index is 0.0827. The van der Waals surface area contributed by atoms with Gasteiger partial charge in [0.15, 0.2) is 5.69 Å². The van der Waals surface area contributed by atoms with Crippen LogP contribution in [0.25, 0.3) is 0 Å².